The van der Waals surface area contributed by atoms with Crippen LogP contribution in [-0.4, -0.2) is 22.2 Å². The summed E-state index contributed by atoms with van der Waals surface area (Å²) in [6.07, 6.45) is 5.50. The first-order valence-electron chi connectivity index (χ1n) is 4.73. The second-order valence-electron chi connectivity index (χ2n) is 3.57. The molecule has 4 nitrogen and oxygen atoms in total. The molecule has 0 amide bonds. The number of aliphatic carboxylic acids is 2. The van der Waals surface area contributed by atoms with Gasteiger partial charge >= 0.3 is 11.9 Å². The van der Waals surface area contributed by atoms with E-state index >= 15 is 0 Å². The minimum atomic E-state index is -0.824. The van der Waals surface area contributed by atoms with Crippen molar-refractivity contribution >= 4 is 11.9 Å². The molecule has 78 valence electrons. The summed E-state index contributed by atoms with van der Waals surface area (Å²) in [6.45, 7) is 0. The van der Waals surface area contributed by atoms with Crippen LogP contribution in [0.25, 0.3) is 0 Å². The summed E-state index contributed by atoms with van der Waals surface area (Å²) in [5.41, 5.74) is 0. The first-order valence-corrected chi connectivity index (χ1v) is 4.73. The molecule has 0 aromatic rings. The van der Waals surface area contributed by atoms with Crippen LogP contribution in [0, 0.1) is 11.8 Å². The molecule has 14 heavy (non-hydrogen) atoms. The SMILES string of the molecule is O=C(O)C1C=CCC(C(=O)O)CCC1. The standard InChI is InChI=1S/C10H14O4/c11-9(12)7-3-1-4-8(10(13)14)6-2-5-7/h1,3,7-8H,2,4-6H2,(H,11,12)(H,13,14). The van der Waals surface area contributed by atoms with Crippen LogP contribution < -0.4 is 0 Å². The van der Waals surface area contributed by atoms with Crippen molar-refractivity contribution in [2.24, 2.45) is 11.8 Å². The van der Waals surface area contributed by atoms with Crippen molar-refractivity contribution < 1.29 is 19.8 Å². The fourth-order valence-electron chi connectivity index (χ4n) is 1.64. The summed E-state index contributed by atoms with van der Waals surface area (Å²) in [7, 11) is 0. The lowest BCUT2D eigenvalue weighted by atomic mass is 9.90. The topological polar surface area (TPSA) is 74.6 Å². The van der Waals surface area contributed by atoms with Crippen LogP contribution in [-0.2, 0) is 9.59 Å². The van der Waals surface area contributed by atoms with Crippen LogP contribution in [0.2, 0.25) is 0 Å². The molecule has 0 aromatic carbocycles. The number of carboxylic acid groups (broad SMARTS) is 2. The van der Waals surface area contributed by atoms with E-state index in [-0.39, 0.29) is 5.92 Å². The molecule has 0 aliphatic heterocycles. The largest absolute Gasteiger partial charge is 0.481 e. The second kappa shape index (κ2) is 4.79. The van der Waals surface area contributed by atoms with Gasteiger partial charge in [-0.1, -0.05) is 18.6 Å². The number of hydrogen-bond acceptors (Lipinski definition) is 2. The Bertz CT molecular complexity index is 257. The summed E-state index contributed by atoms with van der Waals surface area (Å²) >= 11 is 0. The molecular weight excluding hydrogens is 184 g/mol. The van der Waals surface area contributed by atoms with Gasteiger partial charge in [0, 0.05) is 0 Å². The fraction of sp³-hybridized carbons (Fsp3) is 0.600. The molecule has 2 unspecified atom stereocenters. The highest BCUT2D eigenvalue weighted by Crippen LogP contribution is 2.21. The van der Waals surface area contributed by atoms with Gasteiger partial charge < -0.3 is 10.2 Å². The number of carboxylic acids is 2. The molecule has 0 radical (unpaired) electrons. The van der Waals surface area contributed by atoms with Crippen LogP contribution in [0.1, 0.15) is 25.7 Å². The number of allylic oxidation sites excluding steroid dienone is 1. The van der Waals surface area contributed by atoms with Crippen molar-refractivity contribution in [3.63, 3.8) is 0 Å². The van der Waals surface area contributed by atoms with Gasteiger partial charge in [-0.15, -0.1) is 0 Å². The van der Waals surface area contributed by atoms with E-state index in [1.807, 2.05) is 0 Å². The molecule has 1 aliphatic carbocycles. The lowest BCUT2D eigenvalue weighted by Gasteiger charge is -2.15. The molecule has 1 rings (SSSR count). The van der Waals surface area contributed by atoms with E-state index in [4.69, 9.17) is 10.2 Å². The van der Waals surface area contributed by atoms with E-state index in [0.29, 0.717) is 25.7 Å². The van der Waals surface area contributed by atoms with Gasteiger partial charge in [0.1, 0.15) is 0 Å². The Kier molecular flexibility index (Phi) is 3.68. The third kappa shape index (κ3) is 2.87. The molecule has 2 atom stereocenters. The molecule has 4 heteroatoms. The van der Waals surface area contributed by atoms with Crippen molar-refractivity contribution in [2.75, 3.05) is 0 Å². The van der Waals surface area contributed by atoms with Crippen molar-refractivity contribution in [3.05, 3.63) is 12.2 Å². The molecule has 0 saturated heterocycles. The zero-order valence-electron chi connectivity index (χ0n) is 7.85. The first-order chi connectivity index (χ1) is 6.61. The Hall–Kier alpha value is -1.32. The van der Waals surface area contributed by atoms with Crippen LogP contribution in [0.4, 0.5) is 0 Å². The van der Waals surface area contributed by atoms with Gasteiger partial charge in [0.05, 0.1) is 11.8 Å². The Morgan fingerprint density at radius 2 is 1.86 bits per heavy atom. The Morgan fingerprint density at radius 3 is 2.43 bits per heavy atom. The molecule has 0 heterocycles. The van der Waals surface area contributed by atoms with Gasteiger partial charge in [0.2, 0.25) is 0 Å². The minimum Gasteiger partial charge on any atom is -0.481 e. The summed E-state index contributed by atoms with van der Waals surface area (Å²) in [5.74, 6) is -2.40. The molecule has 0 bridgehead atoms. The zero-order valence-corrected chi connectivity index (χ0v) is 7.85. The van der Waals surface area contributed by atoms with E-state index in [0.717, 1.165) is 0 Å². The van der Waals surface area contributed by atoms with Crippen molar-refractivity contribution in [2.45, 2.75) is 25.7 Å². The van der Waals surface area contributed by atoms with E-state index in [9.17, 15) is 9.59 Å². The van der Waals surface area contributed by atoms with E-state index in [2.05, 4.69) is 0 Å². The van der Waals surface area contributed by atoms with E-state index < -0.39 is 17.9 Å². The van der Waals surface area contributed by atoms with Crippen LogP contribution in [0.15, 0.2) is 12.2 Å². The van der Waals surface area contributed by atoms with Crippen molar-refractivity contribution in [1.82, 2.24) is 0 Å². The number of rotatable bonds is 2. The highest BCUT2D eigenvalue weighted by atomic mass is 16.4. The number of hydrogen-bond donors (Lipinski definition) is 2. The highest BCUT2D eigenvalue weighted by Gasteiger charge is 2.21. The average Bonchev–Trinajstić information content (AvgIpc) is 2.01. The molecule has 0 spiro atoms. The molecule has 0 fully saturated rings. The second-order valence-corrected chi connectivity index (χ2v) is 3.57. The predicted molar refractivity (Wildman–Crippen MR) is 49.9 cm³/mol. The van der Waals surface area contributed by atoms with Crippen LogP contribution in [0.3, 0.4) is 0 Å². The summed E-state index contributed by atoms with van der Waals surface area (Å²) in [4.78, 5) is 21.4. The summed E-state index contributed by atoms with van der Waals surface area (Å²) in [6, 6.07) is 0. The fourth-order valence-corrected chi connectivity index (χ4v) is 1.64. The van der Waals surface area contributed by atoms with Gasteiger partial charge in [-0.05, 0) is 19.3 Å². The summed E-state index contributed by atoms with van der Waals surface area (Å²) < 4.78 is 0. The monoisotopic (exact) mass is 198 g/mol. The Labute approximate surface area is 82.2 Å². The smallest absolute Gasteiger partial charge is 0.310 e. The van der Waals surface area contributed by atoms with Crippen LogP contribution in [0.5, 0.6) is 0 Å². The maximum atomic E-state index is 10.7. The first kappa shape index (κ1) is 10.8. The van der Waals surface area contributed by atoms with Crippen LogP contribution >= 0.6 is 0 Å². The zero-order chi connectivity index (χ0) is 10.6. The van der Waals surface area contributed by atoms with Gasteiger partial charge in [-0.25, -0.2) is 0 Å². The molecule has 0 aromatic heterocycles. The average molecular weight is 198 g/mol. The quantitative estimate of drug-likeness (QED) is 0.659. The normalized spacial score (nSPS) is 27.7. The lowest BCUT2D eigenvalue weighted by molar-refractivity contribution is -0.141. The molecular formula is C10H14O4. The highest BCUT2D eigenvalue weighted by molar-refractivity contribution is 5.72. The predicted octanol–water partition coefficient (Wildman–Crippen LogP) is 1.52. The van der Waals surface area contributed by atoms with Crippen molar-refractivity contribution in [1.29, 1.82) is 0 Å². The number of carbonyl (C=O) groups is 2. The summed E-state index contributed by atoms with van der Waals surface area (Å²) in [5, 5.41) is 17.5. The minimum absolute atomic E-state index is 0.346. The van der Waals surface area contributed by atoms with Gasteiger partial charge in [0.25, 0.3) is 0 Å². The third-order valence-corrected chi connectivity index (χ3v) is 2.52. The Balaban J connectivity index is 2.58. The lowest BCUT2D eigenvalue weighted by Crippen LogP contribution is -2.17. The van der Waals surface area contributed by atoms with Crippen molar-refractivity contribution in [3.8, 4) is 0 Å². The van der Waals surface area contributed by atoms with E-state index in [1.165, 1.54) is 0 Å². The maximum absolute atomic E-state index is 10.7. The molecule has 1 aliphatic rings. The third-order valence-electron chi connectivity index (χ3n) is 2.52. The molecule has 0 saturated carbocycles. The maximum Gasteiger partial charge on any atom is 0.310 e. The molecule has 2 N–H and O–H groups in total. The Morgan fingerprint density at radius 1 is 1.14 bits per heavy atom. The van der Waals surface area contributed by atoms with Gasteiger partial charge in [-0.3, -0.25) is 9.59 Å². The van der Waals surface area contributed by atoms with Gasteiger partial charge in [-0.2, -0.15) is 0 Å². The van der Waals surface area contributed by atoms with Gasteiger partial charge in [0.15, 0.2) is 0 Å². The van der Waals surface area contributed by atoms with E-state index in [1.54, 1.807) is 12.2 Å².